The van der Waals surface area contributed by atoms with E-state index in [2.05, 4.69) is 9.97 Å². The molecule has 0 aromatic carbocycles. The number of aromatic carboxylic acids is 1. The molecule has 3 heterocycles. The zero-order valence-electron chi connectivity index (χ0n) is 14.6. The van der Waals surface area contributed by atoms with Crippen LogP contribution in [0.2, 0.25) is 0 Å². The van der Waals surface area contributed by atoms with Crippen molar-refractivity contribution in [1.29, 1.82) is 0 Å². The fraction of sp³-hybridized carbons (Fsp3) is 0.278. The van der Waals surface area contributed by atoms with Crippen molar-refractivity contribution >= 4 is 11.6 Å². The summed E-state index contributed by atoms with van der Waals surface area (Å²) in [6, 6.07) is 4.54. The fourth-order valence-electron chi connectivity index (χ4n) is 2.39. The van der Waals surface area contributed by atoms with Crippen LogP contribution in [0.1, 0.15) is 41.3 Å². The number of hydrogen-bond acceptors (Lipinski definition) is 4. The Bertz CT molecular complexity index is 906. The molecular weight excluding hydrogens is 325 g/mol. The number of carboxylic acids is 1. The van der Waals surface area contributed by atoms with E-state index in [9.17, 15) is 14.3 Å². The number of hydrogen-bond donors (Lipinski definition) is 1. The first-order valence-electron chi connectivity index (χ1n) is 7.92. The van der Waals surface area contributed by atoms with Gasteiger partial charge in [0.25, 0.3) is 0 Å². The van der Waals surface area contributed by atoms with Crippen molar-refractivity contribution in [2.45, 2.75) is 34.3 Å². The smallest absolute Gasteiger partial charge is 0.354 e. The first-order chi connectivity index (χ1) is 12.0. The summed E-state index contributed by atoms with van der Waals surface area (Å²) in [4.78, 5) is 19.6. The van der Waals surface area contributed by atoms with E-state index in [1.165, 1.54) is 22.7 Å². The molecule has 3 aromatic heterocycles. The highest BCUT2D eigenvalue weighted by atomic mass is 19.1. The predicted molar refractivity (Wildman–Crippen MR) is 91.5 cm³/mol. The number of halogens is 1. The number of carboxylic acid groups (broad SMARTS) is 1. The highest BCUT2D eigenvalue weighted by Gasteiger charge is 2.19. The number of fused-ring (bicyclic) bond motifs is 1. The van der Waals surface area contributed by atoms with Gasteiger partial charge in [0.05, 0.1) is 5.69 Å². The van der Waals surface area contributed by atoms with Crippen molar-refractivity contribution in [3.63, 3.8) is 0 Å². The topological polar surface area (TPSA) is 76.7 Å². The maximum absolute atomic E-state index is 13.6. The van der Waals surface area contributed by atoms with Gasteiger partial charge in [-0.05, 0) is 37.6 Å². The third kappa shape index (κ3) is 3.76. The van der Waals surface area contributed by atoms with Gasteiger partial charge in [0, 0.05) is 12.4 Å². The number of imidazole rings is 1. The monoisotopic (exact) mass is 345 g/mol. The molecule has 0 aliphatic carbocycles. The fourth-order valence-corrected chi connectivity index (χ4v) is 2.39. The highest BCUT2D eigenvalue weighted by molar-refractivity contribution is 5.88. The van der Waals surface area contributed by atoms with Crippen LogP contribution in [0.5, 0.6) is 5.75 Å². The van der Waals surface area contributed by atoms with Crippen LogP contribution in [0, 0.1) is 19.7 Å². The van der Waals surface area contributed by atoms with E-state index < -0.39 is 11.8 Å². The number of aromatic nitrogens is 3. The van der Waals surface area contributed by atoms with Crippen molar-refractivity contribution in [2.75, 3.05) is 0 Å². The minimum absolute atomic E-state index is 0.0693. The maximum atomic E-state index is 13.6. The van der Waals surface area contributed by atoms with Crippen molar-refractivity contribution in [1.82, 2.24) is 14.4 Å². The van der Waals surface area contributed by atoms with Crippen molar-refractivity contribution in [3.05, 3.63) is 59.1 Å². The lowest BCUT2D eigenvalue weighted by Gasteiger charge is -2.09. The molecular formula is C18H20FN3O3. The van der Waals surface area contributed by atoms with Gasteiger partial charge in [0.2, 0.25) is 0 Å². The second-order valence-electron chi connectivity index (χ2n) is 5.15. The van der Waals surface area contributed by atoms with E-state index in [1.54, 1.807) is 19.2 Å². The Hall–Kier alpha value is -2.96. The molecule has 7 heteroatoms. The van der Waals surface area contributed by atoms with Crippen molar-refractivity contribution in [3.8, 4) is 5.75 Å². The minimum atomic E-state index is -1.07. The van der Waals surface area contributed by atoms with Gasteiger partial charge in [-0.3, -0.25) is 9.38 Å². The Kier molecular flexibility index (Phi) is 5.69. The molecule has 3 aromatic rings. The molecule has 6 nitrogen and oxygen atoms in total. The summed E-state index contributed by atoms with van der Waals surface area (Å²) in [7, 11) is 0. The predicted octanol–water partition coefficient (Wildman–Crippen LogP) is 3.79. The van der Waals surface area contributed by atoms with E-state index in [-0.39, 0.29) is 18.0 Å². The standard InChI is InChI=1S/C16H14FN3O3.C2H6/c1-9-6-13(23-8-12-11(17)4-3-5-18-12)15-19-10(2)14(16(21)22)20(15)7-9;1-2/h3-7H,8H2,1-2H3,(H,21,22);1-2H3. The lowest BCUT2D eigenvalue weighted by molar-refractivity contribution is 0.0688. The molecule has 0 fully saturated rings. The van der Waals surface area contributed by atoms with Crippen LogP contribution in [0.25, 0.3) is 5.65 Å². The van der Waals surface area contributed by atoms with Gasteiger partial charge in [-0.25, -0.2) is 14.2 Å². The van der Waals surface area contributed by atoms with E-state index in [0.29, 0.717) is 17.1 Å². The first-order valence-corrected chi connectivity index (χ1v) is 7.92. The van der Waals surface area contributed by atoms with Crippen LogP contribution in [0.15, 0.2) is 30.6 Å². The summed E-state index contributed by atoms with van der Waals surface area (Å²) >= 11 is 0. The van der Waals surface area contributed by atoms with Crippen LogP contribution in [0.3, 0.4) is 0 Å². The lowest BCUT2D eigenvalue weighted by Crippen LogP contribution is -2.06. The average molecular weight is 345 g/mol. The molecule has 0 atom stereocenters. The van der Waals surface area contributed by atoms with E-state index in [4.69, 9.17) is 4.74 Å². The van der Waals surface area contributed by atoms with E-state index in [0.717, 1.165) is 5.56 Å². The SMILES string of the molecule is CC.Cc1cc(OCc2ncccc2F)c2nc(C)c(C(=O)O)n2c1. The summed E-state index contributed by atoms with van der Waals surface area (Å²) in [5.74, 6) is -1.14. The molecule has 0 aliphatic rings. The van der Waals surface area contributed by atoms with Gasteiger partial charge >= 0.3 is 5.97 Å². The molecule has 132 valence electrons. The van der Waals surface area contributed by atoms with E-state index >= 15 is 0 Å². The van der Waals surface area contributed by atoms with Crippen LogP contribution in [-0.4, -0.2) is 25.4 Å². The average Bonchev–Trinajstić information content (AvgIpc) is 2.91. The molecule has 0 unspecified atom stereocenters. The Morgan fingerprint density at radius 3 is 2.72 bits per heavy atom. The third-order valence-corrected chi connectivity index (χ3v) is 3.40. The summed E-state index contributed by atoms with van der Waals surface area (Å²) in [6.07, 6.45) is 3.16. The van der Waals surface area contributed by atoms with Crippen molar-refractivity contribution < 1.29 is 19.0 Å². The Labute approximate surface area is 144 Å². The number of rotatable bonds is 4. The first kappa shape index (κ1) is 18.4. The molecule has 0 saturated heterocycles. The van der Waals surface area contributed by atoms with Gasteiger partial charge in [-0.2, -0.15) is 0 Å². The van der Waals surface area contributed by atoms with Gasteiger partial charge in [-0.15, -0.1) is 0 Å². The zero-order chi connectivity index (χ0) is 18.6. The molecule has 0 bridgehead atoms. The number of pyridine rings is 2. The molecule has 1 N–H and O–H groups in total. The summed E-state index contributed by atoms with van der Waals surface area (Å²) < 4.78 is 20.7. The van der Waals surface area contributed by atoms with Crippen molar-refractivity contribution in [2.24, 2.45) is 0 Å². The number of ether oxygens (including phenoxy) is 1. The van der Waals surface area contributed by atoms with Crippen LogP contribution < -0.4 is 4.74 Å². The molecule has 0 radical (unpaired) electrons. The maximum Gasteiger partial charge on any atom is 0.354 e. The van der Waals surface area contributed by atoms with Crippen LogP contribution >= 0.6 is 0 Å². The molecule has 0 spiro atoms. The minimum Gasteiger partial charge on any atom is -0.483 e. The van der Waals surface area contributed by atoms with E-state index in [1.807, 2.05) is 20.8 Å². The molecule has 3 rings (SSSR count). The normalized spacial score (nSPS) is 10.3. The Morgan fingerprint density at radius 1 is 1.36 bits per heavy atom. The highest BCUT2D eigenvalue weighted by Crippen LogP contribution is 2.25. The van der Waals surface area contributed by atoms with Crippen LogP contribution in [0.4, 0.5) is 4.39 Å². The summed E-state index contributed by atoms with van der Waals surface area (Å²) in [5, 5.41) is 9.32. The van der Waals surface area contributed by atoms with Gasteiger partial charge < -0.3 is 9.84 Å². The van der Waals surface area contributed by atoms with Crippen LogP contribution in [-0.2, 0) is 6.61 Å². The zero-order valence-corrected chi connectivity index (χ0v) is 14.6. The second kappa shape index (κ2) is 7.74. The van der Waals surface area contributed by atoms with Gasteiger partial charge in [0.1, 0.15) is 18.1 Å². The van der Waals surface area contributed by atoms with Gasteiger partial charge in [-0.1, -0.05) is 13.8 Å². The molecule has 0 aliphatic heterocycles. The molecule has 25 heavy (non-hydrogen) atoms. The lowest BCUT2D eigenvalue weighted by atomic mass is 10.3. The quantitative estimate of drug-likeness (QED) is 0.778. The summed E-state index contributed by atoms with van der Waals surface area (Å²) in [6.45, 7) is 7.36. The van der Waals surface area contributed by atoms with Gasteiger partial charge in [0.15, 0.2) is 17.1 Å². The largest absolute Gasteiger partial charge is 0.483 e. The number of nitrogens with zero attached hydrogens (tertiary/aromatic N) is 3. The number of carbonyl (C=O) groups is 1. The Balaban J connectivity index is 0.00000109. The summed E-state index contributed by atoms with van der Waals surface area (Å²) in [5.41, 5.74) is 1.82. The third-order valence-electron chi connectivity index (χ3n) is 3.40. The molecule has 0 amide bonds. The second-order valence-corrected chi connectivity index (χ2v) is 5.15. The number of aryl methyl sites for hydroxylation is 2. The molecule has 0 saturated carbocycles. The Morgan fingerprint density at radius 2 is 2.08 bits per heavy atom.